The van der Waals surface area contributed by atoms with Gasteiger partial charge in [0, 0.05) is 0 Å². The Kier molecular flexibility index (Phi) is 0.647. The van der Waals surface area contributed by atoms with Crippen LogP contribution in [0.1, 0.15) is 12.8 Å². The smallest absolute Gasteiger partial charge is 0.122 e. The molecule has 2 aliphatic heterocycles. The Bertz CT molecular complexity index is 67.8. The molecule has 2 heterocycles. The van der Waals surface area contributed by atoms with Crippen LogP contribution in [0.25, 0.3) is 0 Å². The number of hydrogen-bond donors (Lipinski definition) is 2. The van der Waals surface area contributed by atoms with Crippen molar-refractivity contribution < 1.29 is 4.74 Å². The van der Waals surface area contributed by atoms with Crippen LogP contribution in [0.15, 0.2) is 0 Å². The predicted molar refractivity (Wildman–Crippen MR) is 24.2 cm³/mol. The predicted octanol–water partition coefficient (Wildman–Crippen LogP) is -0.443. The second-order valence-corrected chi connectivity index (χ2v) is 1.98. The van der Waals surface area contributed by atoms with E-state index in [9.17, 15) is 0 Å². The van der Waals surface area contributed by atoms with Crippen molar-refractivity contribution in [2.45, 2.75) is 25.3 Å². The van der Waals surface area contributed by atoms with Gasteiger partial charge >= 0.3 is 0 Å². The average molecular weight is 100 g/mol. The highest BCUT2D eigenvalue weighted by Gasteiger charge is 2.30. The van der Waals surface area contributed by atoms with Gasteiger partial charge < -0.3 is 4.74 Å². The van der Waals surface area contributed by atoms with E-state index < -0.39 is 0 Å². The Morgan fingerprint density at radius 2 is 1.71 bits per heavy atom. The highest BCUT2D eigenvalue weighted by molar-refractivity contribution is 4.74. The van der Waals surface area contributed by atoms with Crippen LogP contribution in [-0.2, 0) is 4.74 Å². The molecule has 2 N–H and O–H groups in total. The summed E-state index contributed by atoms with van der Waals surface area (Å²) in [7, 11) is 0. The summed E-state index contributed by atoms with van der Waals surface area (Å²) >= 11 is 0. The summed E-state index contributed by atoms with van der Waals surface area (Å²) in [4.78, 5) is 0. The van der Waals surface area contributed by atoms with E-state index >= 15 is 0 Å². The first-order valence-electron chi connectivity index (χ1n) is 2.62. The summed E-state index contributed by atoms with van der Waals surface area (Å²) < 4.78 is 5.25. The van der Waals surface area contributed by atoms with Crippen molar-refractivity contribution in [3.8, 4) is 0 Å². The Morgan fingerprint density at radius 1 is 1.14 bits per heavy atom. The number of ether oxygens (including phenoxy) is 1. The fourth-order valence-electron chi connectivity index (χ4n) is 1.04. The molecule has 2 unspecified atom stereocenters. The largest absolute Gasteiger partial charge is 0.343 e. The van der Waals surface area contributed by atoms with Gasteiger partial charge in [0.05, 0.1) is 0 Å². The van der Waals surface area contributed by atoms with Gasteiger partial charge in [-0.15, -0.1) is 0 Å². The molecule has 40 valence electrons. The maximum atomic E-state index is 5.25. The van der Waals surface area contributed by atoms with Crippen molar-refractivity contribution in [1.82, 2.24) is 10.9 Å². The van der Waals surface area contributed by atoms with Crippen molar-refractivity contribution in [3.63, 3.8) is 0 Å². The zero-order valence-corrected chi connectivity index (χ0v) is 3.98. The first kappa shape index (κ1) is 3.83. The van der Waals surface area contributed by atoms with E-state index in [0.717, 1.165) is 12.8 Å². The summed E-state index contributed by atoms with van der Waals surface area (Å²) in [6, 6.07) is 0. The Hall–Kier alpha value is -0.120. The molecule has 0 aromatic rings. The molecule has 0 radical (unpaired) electrons. The Labute approximate surface area is 42.0 Å². The van der Waals surface area contributed by atoms with Gasteiger partial charge in [0.2, 0.25) is 0 Å². The number of hydrazine groups is 1. The van der Waals surface area contributed by atoms with Gasteiger partial charge in [-0.05, 0) is 12.8 Å². The molecular weight excluding hydrogens is 92.1 g/mol. The van der Waals surface area contributed by atoms with E-state index in [2.05, 4.69) is 10.9 Å². The van der Waals surface area contributed by atoms with E-state index in [1.807, 2.05) is 0 Å². The quantitative estimate of drug-likeness (QED) is 0.433. The third kappa shape index (κ3) is 0.459. The van der Waals surface area contributed by atoms with Crippen LogP contribution < -0.4 is 10.9 Å². The van der Waals surface area contributed by atoms with Gasteiger partial charge in [0.25, 0.3) is 0 Å². The van der Waals surface area contributed by atoms with Crippen molar-refractivity contribution >= 4 is 0 Å². The highest BCUT2D eigenvalue weighted by atomic mass is 16.6. The maximum absolute atomic E-state index is 5.25. The van der Waals surface area contributed by atoms with Crippen LogP contribution in [0.5, 0.6) is 0 Å². The Morgan fingerprint density at radius 3 is 1.86 bits per heavy atom. The molecule has 0 spiro atoms. The Balaban J connectivity index is 2.12. The molecule has 2 bridgehead atoms. The van der Waals surface area contributed by atoms with Gasteiger partial charge in [-0.25, -0.2) is 10.9 Å². The zero-order valence-electron chi connectivity index (χ0n) is 3.98. The summed E-state index contributed by atoms with van der Waals surface area (Å²) in [5.74, 6) is 0. The van der Waals surface area contributed by atoms with Gasteiger partial charge in [-0.1, -0.05) is 0 Å². The molecule has 0 amide bonds. The van der Waals surface area contributed by atoms with E-state index in [4.69, 9.17) is 4.74 Å². The summed E-state index contributed by atoms with van der Waals surface area (Å²) in [5, 5.41) is 0. The molecule has 2 rings (SSSR count). The maximum Gasteiger partial charge on any atom is 0.122 e. The molecule has 2 saturated heterocycles. The minimum atomic E-state index is 0.310. The van der Waals surface area contributed by atoms with Crippen LogP contribution in [0.4, 0.5) is 0 Å². The summed E-state index contributed by atoms with van der Waals surface area (Å²) in [6.07, 6.45) is 2.95. The third-order valence-electron chi connectivity index (χ3n) is 1.42. The van der Waals surface area contributed by atoms with Crippen LogP contribution in [0, 0.1) is 0 Å². The van der Waals surface area contributed by atoms with Gasteiger partial charge in [0.15, 0.2) is 0 Å². The number of hydrogen-bond acceptors (Lipinski definition) is 3. The van der Waals surface area contributed by atoms with Crippen molar-refractivity contribution in [3.05, 3.63) is 0 Å². The number of fused-ring (bicyclic) bond motifs is 2. The average Bonchev–Trinajstić information content (AvgIpc) is 2.22. The van der Waals surface area contributed by atoms with E-state index in [1.54, 1.807) is 0 Å². The first-order valence-corrected chi connectivity index (χ1v) is 2.62. The topological polar surface area (TPSA) is 33.3 Å². The lowest BCUT2D eigenvalue weighted by atomic mass is 10.3. The molecule has 3 heteroatoms. The molecule has 2 aliphatic rings. The normalized spacial score (nSPS) is 48.0. The molecule has 0 aromatic carbocycles. The third-order valence-corrected chi connectivity index (χ3v) is 1.42. The highest BCUT2D eigenvalue weighted by Crippen LogP contribution is 2.18. The fourth-order valence-corrected chi connectivity index (χ4v) is 1.04. The van der Waals surface area contributed by atoms with E-state index in [1.165, 1.54) is 0 Å². The van der Waals surface area contributed by atoms with Crippen LogP contribution >= 0.6 is 0 Å². The number of nitrogens with one attached hydrogen (secondary N) is 2. The molecule has 3 nitrogen and oxygen atoms in total. The van der Waals surface area contributed by atoms with Gasteiger partial charge in [-0.2, -0.15) is 0 Å². The fraction of sp³-hybridized carbons (Fsp3) is 1.00. The lowest BCUT2D eigenvalue weighted by molar-refractivity contribution is 0.0950. The van der Waals surface area contributed by atoms with E-state index in [0.29, 0.717) is 12.5 Å². The van der Waals surface area contributed by atoms with Crippen LogP contribution in [0.2, 0.25) is 0 Å². The van der Waals surface area contributed by atoms with Crippen LogP contribution in [0.3, 0.4) is 0 Å². The van der Waals surface area contributed by atoms with Gasteiger partial charge in [0.1, 0.15) is 12.5 Å². The SMILES string of the molecule is C1CC2NNC1O2. The summed E-state index contributed by atoms with van der Waals surface area (Å²) in [6.45, 7) is 0. The second-order valence-electron chi connectivity index (χ2n) is 1.98. The monoisotopic (exact) mass is 100 g/mol. The molecule has 2 atom stereocenters. The molecule has 7 heavy (non-hydrogen) atoms. The molecule has 0 aliphatic carbocycles. The molecule has 2 fully saturated rings. The minimum absolute atomic E-state index is 0.310. The number of rotatable bonds is 0. The molecule has 0 saturated carbocycles. The minimum Gasteiger partial charge on any atom is -0.343 e. The first-order chi connectivity index (χ1) is 3.45. The van der Waals surface area contributed by atoms with Gasteiger partial charge in [-0.3, -0.25) is 0 Å². The molecular formula is C4H8N2O. The summed E-state index contributed by atoms with van der Waals surface area (Å²) in [5.41, 5.74) is 5.97. The molecule has 0 aromatic heterocycles. The zero-order chi connectivity index (χ0) is 4.69. The lowest BCUT2D eigenvalue weighted by Crippen LogP contribution is -2.37. The van der Waals surface area contributed by atoms with E-state index in [-0.39, 0.29) is 0 Å². The van der Waals surface area contributed by atoms with Crippen LogP contribution in [-0.4, -0.2) is 12.5 Å². The van der Waals surface area contributed by atoms with Crippen molar-refractivity contribution in [2.75, 3.05) is 0 Å². The lowest BCUT2D eigenvalue weighted by Gasteiger charge is -2.05. The van der Waals surface area contributed by atoms with Crippen molar-refractivity contribution in [2.24, 2.45) is 0 Å². The van der Waals surface area contributed by atoms with Crippen molar-refractivity contribution in [1.29, 1.82) is 0 Å². The standard InChI is InChI=1S/C4H8N2O/c1-2-4-6-5-3(1)7-4/h3-6H,1-2H2. The second kappa shape index (κ2) is 1.18.